The minimum Gasteiger partial charge on any atom is -0.480 e. The Bertz CT molecular complexity index is 473. The summed E-state index contributed by atoms with van der Waals surface area (Å²) >= 11 is 0. The second kappa shape index (κ2) is 6.87. The topological polar surface area (TPSA) is 97.1 Å². The van der Waals surface area contributed by atoms with Crippen LogP contribution < -0.4 is 5.32 Å². The normalized spacial score (nSPS) is 11.3. The van der Waals surface area contributed by atoms with Crippen molar-refractivity contribution in [1.82, 2.24) is 20.3 Å². The molecule has 112 valence electrons. The highest BCUT2D eigenvalue weighted by molar-refractivity contribution is 5.91. The number of halogens is 3. The highest BCUT2D eigenvalue weighted by Crippen LogP contribution is 2.21. The average Bonchev–Trinajstić information content (AvgIpc) is 2.74. The monoisotopic (exact) mass is 294 g/mol. The van der Waals surface area contributed by atoms with E-state index in [9.17, 15) is 22.8 Å². The number of carbonyl (C=O) groups excluding carboxylic acids is 1. The van der Waals surface area contributed by atoms with Crippen molar-refractivity contribution < 1.29 is 27.9 Å². The van der Waals surface area contributed by atoms with Gasteiger partial charge in [-0.3, -0.25) is 9.59 Å². The van der Waals surface area contributed by atoms with Gasteiger partial charge < -0.3 is 10.4 Å². The molecule has 0 radical (unpaired) electrons. The Balaban J connectivity index is 2.29. The van der Waals surface area contributed by atoms with Gasteiger partial charge in [-0.2, -0.15) is 13.2 Å². The fraction of sp³-hybridized carbons (Fsp3) is 0.600. The number of aromatic nitrogens is 3. The zero-order valence-electron chi connectivity index (χ0n) is 10.4. The summed E-state index contributed by atoms with van der Waals surface area (Å²) in [6.45, 7) is -0.341. The van der Waals surface area contributed by atoms with E-state index in [-0.39, 0.29) is 25.1 Å². The van der Waals surface area contributed by atoms with E-state index < -0.39 is 31.0 Å². The van der Waals surface area contributed by atoms with E-state index in [0.29, 0.717) is 0 Å². The van der Waals surface area contributed by atoms with E-state index in [0.717, 1.165) is 10.9 Å². The molecule has 0 saturated heterocycles. The first-order valence-corrected chi connectivity index (χ1v) is 5.75. The van der Waals surface area contributed by atoms with E-state index in [1.165, 1.54) is 0 Å². The Morgan fingerprint density at radius 2 is 2.05 bits per heavy atom. The summed E-state index contributed by atoms with van der Waals surface area (Å²) in [7, 11) is 0. The van der Waals surface area contributed by atoms with Gasteiger partial charge in [0.1, 0.15) is 6.54 Å². The van der Waals surface area contributed by atoms with Crippen LogP contribution in [-0.2, 0) is 11.3 Å². The molecule has 0 unspecified atom stereocenters. The third-order valence-electron chi connectivity index (χ3n) is 2.24. The summed E-state index contributed by atoms with van der Waals surface area (Å²) in [5.74, 6) is -1.73. The summed E-state index contributed by atoms with van der Waals surface area (Å²) in [6, 6.07) is 0. The van der Waals surface area contributed by atoms with Crippen molar-refractivity contribution in [1.29, 1.82) is 0 Å². The van der Waals surface area contributed by atoms with Crippen LogP contribution in [0.1, 0.15) is 29.8 Å². The van der Waals surface area contributed by atoms with Gasteiger partial charge in [0.15, 0.2) is 5.69 Å². The molecule has 1 amide bonds. The van der Waals surface area contributed by atoms with E-state index in [2.05, 4.69) is 15.6 Å². The lowest BCUT2D eigenvalue weighted by Crippen LogP contribution is -2.25. The molecule has 0 aliphatic rings. The summed E-state index contributed by atoms with van der Waals surface area (Å²) < 4.78 is 36.5. The number of carboxylic acids is 1. The molecule has 1 heterocycles. The second-order valence-electron chi connectivity index (χ2n) is 4.02. The van der Waals surface area contributed by atoms with Crippen molar-refractivity contribution in [2.24, 2.45) is 0 Å². The van der Waals surface area contributed by atoms with E-state index in [1.54, 1.807) is 0 Å². The van der Waals surface area contributed by atoms with Crippen LogP contribution in [0.2, 0.25) is 0 Å². The first-order chi connectivity index (χ1) is 9.28. The van der Waals surface area contributed by atoms with Gasteiger partial charge in [0.2, 0.25) is 0 Å². The number of unbranched alkanes of at least 4 members (excludes halogenated alkanes) is 1. The minimum absolute atomic E-state index is 0.0739. The molecule has 7 nitrogen and oxygen atoms in total. The number of hydrogen-bond acceptors (Lipinski definition) is 4. The first kappa shape index (κ1) is 15.9. The predicted octanol–water partition coefficient (Wildman–Crippen LogP) is 0.825. The molecule has 0 aliphatic heterocycles. The highest BCUT2D eigenvalue weighted by atomic mass is 19.4. The lowest BCUT2D eigenvalue weighted by Gasteiger charge is -2.06. The van der Waals surface area contributed by atoms with Gasteiger partial charge in [0.05, 0.1) is 6.20 Å². The number of amides is 1. The Hall–Kier alpha value is -2.13. The molecular weight excluding hydrogens is 281 g/mol. The molecule has 0 spiro atoms. The summed E-state index contributed by atoms with van der Waals surface area (Å²) in [4.78, 5) is 21.9. The maximum Gasteiger partial charge on any atom is 0.389 e. The van der Waals surface area contributed by atoms with Crippen LogP contribution in [0, 0.1) is 0 Å². The number of carbonyl (C=O) groups is 2. The maximum absolute atomic E-state index is 11.9. The van der Waals surface area contributed by atoms with Crippen LogP contribution in [0.5, 0.6) is 0 Å². The van der Waals surface area contributed by atoms with Crippen molar-refractivity contribution in [3.05, 3.63) is 11.9 Å². The van der Waals surface area contributed by atoms with Crippen LogP contribution in [0.25, 0.3) is 0 Å². The third kappa shape index (κ3) is 6.16. The number of carboxylic acid groups (broad SMARTS) is 1. The molecule has 0 saturated carbocycles. The average molecular weight is 294 g/mol. The zero-order chi connectivity index (χ0) is 15.2. The lowest BCUT2D eigenvalue weighted by atomic mass is 10.2. The van der Waals surface area contributed by atoms with Crippen LogP contribution in [0.4, 0.5) is 13.2 Å². The van der Waals surface area contributed by atoms with Crippen LogP contribution in [0.15, 0.2) is 6.20 Å². The molecule has 0 fully saturated rings. The molecule has 0 atom stereocenters. The van der Waals surface area contributed by atoms with E-state index in [1.807, 2.05) is 0 Å². The molecule has 2 N–H and O–H groups in total. The first-order valence-electron chi connectivity index (χ1n) is 5.75. The highest BCUT2D eigenvalue weighted by Gasteiger charge is 2.25. The summed E-state index contributed by atoms with van der Waals surface area (Å²) in [5, 5.41) is 17.8. The smallest absolute Gasteiger partial charge is 0.389 e. The molecule has 1 rings (SSSR count). The van der Waals surface area contributed by atoms with Crippen molar-refractivity contribution in [3.63, 3.8) is 0 Å². The van der Waals surface area contributed by atoms with Crippen LogP contribution in [0.3, 0.4) is 0 Å². The van der Waals surface area contributed by atoms with Crippen molar-refractivity contribution >= 4 is 11.9 Å². The van der Waals surface area contributed by atoms with Gasteiger partial charge in [-0.15, -0.1) is 5.10 Å². The van der Waals surface area contributed by atoms with Gasteiger partial charge >= 0.3 is 12.1 Å². The molecule has 10 heteroatoms. The van der Waals surface area contributed by atoms with Gasteiger partial charge in [0, 0.05) is 13.0 Å². The third-order valence-corrected chi connectivity index (χ3v) is 2.24. The molecule has 20 heavy (non-hydrogen) atoms. The second-order valence-corrected chi connectivity index (χ2v) is 4.02. The Kier molecular flexibility index (Phi) is 5.47. The summed E-state index contributed by atoms with van der Waals surface area (Å²) in [5.41, 5.74) is -0.0814. The maximum atomic E-state index is 11.9. The number of nitrogens with one attached hydrogen (secondary N) is 1. The zero-order valence-corrected chi connectivity index (χ0v) is 10.4. The van der Waals surface area contributed by atoms with Gasteiger partial charge in [-0.25, -0.2) is 4.68 Å². The fourth-order valence-electron chi connectivity index (χ4n) is 1.36. The number of alkyl halides is 3. The largest absolute Gasteiger partial charge is 0.480 e. The number of aliphatic carboxylic acids is 1. The molecule has 0 aliphatic carbocycles. The predicted molar refractivity (Wildman–Crippen MR) is 59.9 cm³/mol. The Morgan fingerprint density at radius 3 is 2.65 bits per heavy atom. The molecule has 1 aromatic rings. The standard InChI is InChI=1S/C10H13F3N4O3/c11-10(12,13)3-1-2-4-14-9(20)7-5-17(16-15-7)6-8(18)19/h5H,1-4,6H2,(H,14,20)(H,18,19). The molecule has 0 bridgehead atoms. The lowest BCUT2D eigenvalue weighted by molar-refractivity contribution is -0.138. The van der Waals surface area contributed by atoms with Crippen molar-refractivity contribution in [3.8, 4) is 0 Å². The molecular formula is C10H13F3N4O3. The Morgan fingerprint density at radius 1 is 1.35 bits per heavy atom. The van der Waals surface area contributed by atoms with Gasteiger partial charge in [-0.1, -0.05) is 5.21 Å². The van der Waals surface area contributed by atoms with Crippen molar-refractivity contribution in [2.45, 2.75) is 32.0 Å². The number of nitrogens with zero attached hydrogens (tertiary/aromatic N) is 3. The number of rotatable bonds is 7. The quantitative estimate of drug-likeness (QED) is 0.726. The van der Waals surface area contributed by atoms with Crippen molar-refractivity contribution in [2.75, 3.05) is 6.54 Å². The number of hydrogen-bond donors (Lipinski definition) is 2. The molecule has 0 aromatic carbocycles. The Labute approximate surface area is 111 Å². The summed E-state index contributed by atoms with van der Waals surface area (Å²) in [6.07, 6.45) is -3.82. The van der Waals surface area contributed by atoms with E-state index in [4.69, 9.17) is 5.11 Å². The molecule has 1 aromatic heterocycles. The SMILES string of the molecule is O=C(O)Cn1cc(C(=O)NCCCCC(F)(F)F)nn1. The minimum atomic E-state index is -4.19. The van der Waals surface area contributed by atoms with Crippen LogP contribution >= 0.6 is 0 Å². The van der Waals surface area contributed by atoms with E-state index >= 15 is 0 Å². The fourth-order valence-corrected chi connectivity index (χ4v) is 1.36. The van der Waals surface area contributed by atoms with Gasteiger partial charge in [-0.05, 0) is 12.8 Å². The van der Waals surface area contributed by atoms with Crippen LogP contribution in [-0.4, -0.2) is 44.7 Å². The van der Waals surface area contributed by atoms with Gasteiger partial charge in [0.25, 0.3) is 5.91 Å².